The molecule has 2 heterocycles. The van der Waals surface area contributed by atoms with Crippen molar-refractivity contribution in [2.24, 2.45) is 0 Å². The Bertz CT molecular complexity index is 845. The fraction of sp³-hybridized carbons (Fsp3) is 0.444. The van der Waals surface area contributed by atoms with Crippen LogP contribution in [-0.4, -0.2) is 33.1 Å². The first kappa shape index (κ1) is 17.8. The Hall–Kier alpha value is -2.05. The van der Waals surface area contributed by atoms with Crippen LogP contribution in [-0.2, 0) is 10.2 Å². The molecule has 3 rings (SSSR count). The van der Waals surface area contributed by atoms with Crippen molar-refractivity contribution >= 4 is 22.9 Å². The van der Waals surface area contributed by atoms with Gasteiger partial charge < -0.3 is 10.1 Å². The molecule has 25 heavy (non-hydrogen) atoms. The van der Waals surface area contributed by atoms with Crippen LogP contribution in [0.4, 0.5) is 5.69 Å². The van der Waals surface area contributed by atoms with E-state index >= 15 is 0 Å². The lowest BCUT2D eigenvalue weighted by Crippen LogP contribution is -2.12. The number of nitrogens with one attached hydrogen (secondary N) is 2. The number of halogens is 1. The zero-order valence-corrected chi connectivity index (χ0v) is 15.8. The highest BCUT2D eigenvalue weighted by Crippen LogP contribution is 2.31. The van der Waals surface area contributed by atoms with Crippen LogP contribution < -0.4 is 5.32 Å². The predicted molar refractivity (Wildman–Crippen MR) is 101 cm³/mol. The van der Waals surface area contributed by atoms with E-state index in [-0.39, 0.29) is 5.41 Å². The molecule has 0 unspecified atom stereocenters. The fourth-order valence-corrected chi connectivity index (χ4v) is 2.95. The van der Waals surface area contributed by atoms with Crippen molar-refractivity contribution in [3.8, 4) is 11.4 Å². The molecule has 0 atom stereocenters. The fourth-order valence-electron chi connectivity index (χ4n) is 2.51. The Morgan fingerprint density at radius 1 is 1.24 bits per heavy atom. The van der Waals surface area contributed by atoms with Gasteiger partial charge in [0.05, 0.1) is 5.69 Å². The third-order valence-electron chi connectivity index (χ3n) is 3.86. The molecule has 134 valence electrons. The Morgan fingerprint density at radius 2 is 1.96 bits per heavy atom. The molecule has 0 amide bonds. The van der Waals surface area contributed by atoms with Gasteiger partial charge in [0.15, 0.2) is 11.5 Å². The molecule has 1 aromatic carbocycles. The van der Waals surface area contributed by atoms with Crippen LogP contribution in [0.2, 0.25) is 5.02 Å². The summed E-state index contributed by atoms with van der Waals surface area (Å²) in [7, 11) is 0. The van der Waals surface area contributed by atoms with Gasteiger partial charge in [-0.25, -0.2) is 4.98 Å². The molecule has 0 aliphatic rings. The second-order valence-corrected chi connectivity index (χ2v) is 7.41. The van der Waals surface area contributed by atoms with Crippen LogP contribution in [0.3, 0.4) is 0 Å². The number of nitrogens with zero attached hydrogens (tertiary/aromatic N) is 3. The molecule has 3 aromatic rings. The van der Waals surface area contributed by atoms with E-state index in [2.05, 4.69) is 48.2 Å². The average Bonchev–Trinajstić information content (AvgIpc) is 3.12. The summed E-state index contributed by atoms with van der Waals surface area (Å²) < 4.78 is 7.07. The minimum atomic E-state index is -0.0905. The molecule has 7 heteroatoms. The molecule has 0 radical (unpaired) electrons. The molecule has 0 saturated carbocycles. The quantitative estimate of drug-likeness (QED) is 0.502. The van der Waals surface area contributed by atoms with E-state index in [4.69, 9.17) is 16.3 Å². The molecular formula is C18H24ClN5O. The maximum atomic E-state index is 6.47. The SMILES string of the molecule is CCCOCNc1ccc(-c2nc3c(Cl)c(C(C)(C)C)[nH]n3n2)cc1. The molecule has 6 nitrogen and oxygen atoms in total. The highest BCUT2D eigenvalue weighted by molar-refractivity contribution is 6.34. The van der Waals surface area contributed by atoms with Crippen molar-refractivity contribution < 1.29 is 4.74 Å². The van der Waals surface area contributed by atoms with Crippen molar-refractivity contribution in [2.75, 3.05) is 18.7 Å². The highest BCUT2D eigenvalue weighted by atomic mass is 35.5. The first-order chi connectivity index (χ1) is 11.9. The van der Waals surface area contributed by atoms with Crippen LogP contribution in [0.15, 0.2) is 24.3 Å². The van der Waals surface area contributed by atoms with Gasteiger partial charge >= 0.3 is 0 Å². The number of fused-ring (bicyclic) bond motifs is 1. The molecule has 0 saturated heterocycles. The lowest BCUT2D eigenvalue weighted by Gasteiger charge is -2.16. The summed E-state index contributed by atoms with van der Waals surface area (Å²) >= 11 is 6.47. The van der Waals surface area contributed by atoms with Crippen LogP contribution in [0.5, 0.6) is 0 Å². The summed E-state index contributed by atoms with van der Waals surface area (Å²) in [6.45, 7) is 9.64. The van der Waals surface area contributed by atoms with Crippen LogP contribution in [0.25, 0.3) is 17.0 Å². The largest absolute Gasteiger partial charge is 0.363 e. The minimum Gasteiger partial charge on any atom is -0.363 e. The first-order valence-corrected chi connectivity index (χ1v) is 8.84. The van der Waals surface area contributed by atoms with Crippen molar-refractivity contribution in [3.05, 3.63) is 35.0 Å². The van der Waals surface area contributed by atoms with Gasteiger partial charge in [-0.05, 0) is 30.7 Å². The summed E-state index contributed by atoms with van der Waals surface area (Å²) in [5.74, 6) is 0.641. The average molecular weight is 362 g/mol. The number of rotatable bonds is 6. The third-order valence-corrected chi connectivity index (χ3v) is 4.22. The van der Waals surface area contributed by atoms with E-state index in [9.17, 15) is 0 Å². The molecule has 0 fully saturated rings. The summed E-state index contributed by atoms with van der Waals surface area (Å²) in [5, 5.41) is 11.6. The smallest absolute Gasteiger partial charge is 0.194 e. The topological polar surface area (TPSA) is 67.2 Å². The van der Waals surface area contributed by atoms with E-state index < -0.39 is 0 Å². The Kier molecular flexibility index (Phi) is 5.01. The van der Waals surface area contributed by atoms with Crippen LogP contribution in [0, 0.1) is 0 Å². The summed E-state index contributed by atoms with van der Waals surface area (Å²) in [4.78, 5) is 4.58. The summed E-state index contributed by atoms with van der Waals surface area (Å²) in [6.07, 6.45) is 1.01. The van der Waals surface area contributed by atoms with Gasteiger partial charge in [-0.1, -0.05) is 39.3 Å². The van der Waals surface area contributed by atoms with Crippen molar-refractivity contribution in [2.45, 2.75) is 39.5 Å². The van der Waals surface area contributed by atoms with Gasteiger partial charge in [-0.3, -0.25) is 5.10 Å². The summed E-state index contributed by atoms with van der Waals surface area (Å²) in [5.41, 5.74) is 3.43. The Morgan fingerprint density at radius 3 is 2.56 bits per heavy atom. The second-order valence-electron chi connectivity index (χ2n) is 7.03. The molecule has 2 N–H and O–H groups in total. The number of anilines is 1. The Labute approximate surface area is 152 Å². The zero-order chi connectivity index (χ0) is 18.0. The standard InChI is InChI=1S/C18H24ClN5O/c1-5-10-25-11-20-13-8-6-12(7-9-13)16-21-17-14(19)15(18(2,3)4)22-24(17)23-16/h6-9,20,22H,5,10-11H2,1-4H3. The number of hydrogen-bond donors (Lipinski definition) is 2. The number of hydrogen-bond acceptors (Lipinski definition) is 4. The van der Waals surface area contributed by atoms with Crippen molar-refractivity contribution in [1.29, 1.82) is 0 Å². The minimum absolute atomic E-state index is 0.0905. The number of aromatic nitrogens is 4. The number of benzene rings is 1. The normalized spacial score (nSPS) is 12.0. The predicted octanol–water partition coefficient (Wildman–Crippen LogP) is 4.47. The molecule has 0 aliphatic carbocycles. The van der Waals surface area contributed by atoms with Gasteiger partial charge in [-0.15, -0.1) is 5.10 Å². The Balaban J connectivity index is 1.78. The van der Waals surface area contributed by atoms with Crippen molar-refractivity contribution in [1.82, 2.24) is 19.8 Å². The lowest BCUT2D eigenvalue weighted by atomic mass is 9.92. The van der Waals surface area contributed by atoms with Crippen molar-refractivity contribution in [3.63, 3.8) is 0 Å². The first-order valence-electron chi connectivity index (χ1n) is 8.47. The van der Waals surface area contributed by atoms with Crippen LogP contribution in [0.1, 0.15) is 39.8 Å². The van der Waals surface area contributed by atoms with Crippen LogP contribution >= 0.6 is 11.6 Å². The molecule has 0 aliphatic heterocycles. The number of H-pyrrole nitrogens is 1. The van der Waals surface area contributed by atoms with Gasteiger partial charge in [0.1, 0.15) is 11.8 Å². The zero-order valence-electron chi connectivity index (χ0n) is 15.1. The maximum absolute atomic E-state index is 6.47. The van der Waals surface area contributed by atoms with E-state index in [0.717, 1.165) is 30.0 Å². The van der Waals surface area contributed by atoms with E-state index in [0.29, 0.717) is 23.2 Å². The lowest BCUT2D eigenvalue weighted by molar-refractivity contribution is 0.153. The number of ether oxygens (including phenoxy) is 1. The summed E-state index contributed by atoms with van der Waals surface area (Å²) in [6, 6.07) is 7.94. The monoisotopic (exact) mass is 361 g/mol. The second kappa shape index (κ2) is 7.06. The van der Waals surface area contributed by atoms with E-state index in [1.807, 2.05) is 24.3 Å². The van der Waals surface area contributed by atoms with Gasteiger partial charge in [0.25, 0.3) is 0 Å². The third kappa shape index (κ3) is 3.80. The molecular weight excluding hydrogens is 338 g/mol. The van der Waals surface area contributed by atoms with Gasteiger partial charge in [0.2, 0.25) is 0 Å². The van der Waals surface area contributed by atoms with Gasteiger partial charge in [0, 0.05) is 23.3 Å². The van der Waals surface area contributed by atoms with Gasteiger partial charge in [-0.2, -0.15) is 4.63 Å². The molecule has 2 aromatic heterocycles. The number of aromatic amines is 1. The maximum Gasteiger partial charge on any atom is 0.194 e. The van der Waals surface area contributed by atoms with E-state index in [1.54, 1.807) is 4.63 Å². The molecule has 0 spiro atoms. The van der Waals surface area contributed by atoms with E-state index in [1.165, 1.54) is 0 Å². The highest BCUT2D eigenvalue weighted by Gasteiger charge is 2.24. The molecule has 0 bridgehead atoms.